The van der Waals surface area contributed by atoms with Crippen LogP contribution in [0, 0.1) is 5.41 Å². The average Bonchev–Trinajstić information content (AvgIpc) is 3.18. The van der Waals surface area contributed by atoms with Gasteiger partial charge in [0.05, 0.1) is 31.3 Å². The Kier molecular flexibility index (Phi) is 4.48. The van der Waals surface area contributed by atoms with E-state index in [2.05, 4.69) is 20.0 Å². The number of carbonyl (C=O) groups is 1. The van der Waals surface area contributed by atoms with Crippen LogP contribution in [-0.2, 0) is 0 Å². The third-order valence-electron chi connectivity index (χ3n) is 5.59. The van der Waals surface area contributed by atoms with E-state index in [1.807, 2.05) is 17.3 Å². The van der Waals surface area contributed by atoms with Gasteiger partial charge in [0.25, 0.3) is 11.8 Å². The summed E-state index contributed by atoms with van der Waals surface area (Å²) in [6.45, 7) is 3.46. The number of rotatable bonds is 3. The van der Waals surface area contributed by atoms with Crippen LogP contribution in [0.3, 0.4) is 0 Å². The van der Waals surface area contributed by atoms with Gasteiger partial charge in [0.15, 0.2) is 0 Å². The number of likely N-dealkylation sites (tertiary alicyclic amines) is 1. The molecule has 2 aromatic heterocycles. The van der Waals surface area contributed by atoms with Gasteiger partial charge in [-0.15, -0.1) is 0 Å². The van der Waals surface area contributed by atoms with Crippen molar-refractivity contribution in [2.24, 2.45) is 5.41 Å². The lowest BCUT2D eigenvalue weighted by Gasteiger charge is -2.47. The van der Waals surface area contributed by atoms with E-state index >= 15 is 0 Å². The Labute approximate surface area is 152 Å². The van der Waals surface area contributed by atoms with E-state index in [-0.39, 0.29) is 17.1 Å². The van der Waals surface area contributed by atoms with Gasteiger partial charge in [-0.05, 0) is 36.3 Å². The van der Waals surface area contributed by atoms with Crippen molar-refractivity contribution in [3.05, 3.63) is 30.5 Å². The second-order valence-electron chi connectivity index (χ2n) is 7.15. The number of piperidine rings is 2. The van der Waals surface area contributed by atoms with Crippen molar-refractivity contribution in [2.45, 2.75) is 25.7 Å². The molecule has 4 rings (SSSR count). The smallest absolute Gasteiger partial charge is 0.292 e. The first-order valence-corrected chi connectivity index (χ1v) is 8.99. The van der Waals surface area contributed by atoms with Crippen LogP contribution >= 0.6 is 0 Å². The van der Waals surface area contributed by atoms with Gasteiger partial charge in [-0.25, -0.2) is 9.97 Å². The molecule has 2 aromatic rings. The van der Waals surface area contributed by atoms with Crippen LogP contribution in [-0.4, -0.2) is 59.2 Å². The third-order valence-corrected chi connectivity index (χ3v) is 5.59. The molecule has 26 heavy (non-hydrogen) atoms. The first-order chi connectivity index (χ1) is 12.7. The zero-order chi connectivity index (χ0) is 18.0. The van der Waals surface area contributed by atoms with Crippen LogP contribution in [0.25, 0.3) is 0 Å². The van der Waals surface area contributed by atoms with Gasteiger partial charge < -0.3 is 19.1 Å². The molecule has 0 unspecified atom stereocenters. The van der Waals surface area contributed by atoms with Gasteiger partial charge >= 0.3 is 0 Å². The van der Waals surface area contributed by atoms with Crippen molar-refractivity contribution >= 4 is 11.6 Å². The van der Waals surface area contributed by atoms with Gasteiger partial charge in [-0.2, -0.15) is 0 Å². The number of methoxy groups -OCH3 is 1. The average molecular weight is 357 g/mol. The van der Waals surface area contributed by atoms with Crippen molar-refractivity contribution < 1.29 is 14.1 Å². The van der Waals surface area contributed by atoms with Crippen LogP contribution < -0.4 is 9.64 Å². The maximum absolute atomic E-state index is 12.8. The number of hydrogen-bond acceptors (Lipinski definition) is 7. The van der Waals surface area contributed by atoms with Crippen molar-refractivity contribution in [3.63, 3.8) is 0 Å². The van der Waals surface area contributed by atoms with E-state index in [1.54, 1.807) is 12.4 Å². The van der Waals surface area contributed by atoms with Gasteiger partial charge in [0, 0.05) is 26.2 Å². The minimum atomic E-state index is -0.0984. The van der Waals surface area contributed by atoms with Crippen molar-refractivity contribution in [1.82, 2.24) is 20.0 Å². The topological polar surface area (TPSA) is 84.6 Å². The monoisotopic (exact) mass is 357 g/mol. The summed E-state index contributed by atoms with van der Waals surface area (Å²) in [6, 6.07) is 1.56. The Morgan fingerprint density at radius 2 is 1.96 bits per heavy atom. The summed E-state index contributed by atoms with van der Waals surface area (Å²) >= 11 is 0. The molecule has 2 fully saturated rings. The number of anilines is 1. The van der Waals surface area contributed by atoms with Gasteiger partial charge in [0.2, 0.25) is 5.76 Å². The predicted molar refractivity (Wildman–Crippen MR) is 94.1 cm³/mol. The highest BCUT2D eigenvalue weighted by atomic mass is 16.5. The molecule has 1 spiro atoms. The quantitative estimate of drug-likeness (QED) is 0.830. The molecule has 8 nitrogen and oxygen atoms in total. The summed E-state index contributed by atoms with van der Waals surface area (Å²) in [7, 11) is 1.51. The number of carbonyl (C=O) groups excluding carboxylic acids is 1. The number of amides is 1. The van der Waals surface area contributed by atoms with E-state index in [4.69, 9.17) is 9.26 Å². The van der Waals surface area contributed by atoms with Crippen molar-refractivity contribution in [1.29, 1.82) is 0 Å². The molecule has 0 aliphatic carbocycles. The maximum Gasteiger partial charge on any atom is 0.292 e. The molecule has 2 saturated heterocycles. The first kappa shape index (κ1) is 16.8. The SMILES string of the molecule is COc1cc(C(=O)N2CCCC3(CCN(c4cncnc4)CC3)C2)on1. The highest BCUT2D eigenvalue weighted by Crippen LogP contribution is 2.41. The molecule has 1 amide bonds. The maximum atomic E-state index is 12.8. The van der Waals surface area contributed by atoms with E-state index in [1.165, 1.54) is 7.11 Å². The molecule has 8 heteroatoms. The molecule has 0 radical (unpaired) electrons. The van der Waals surface area contributed by atoms with E-state index < -0.39 is 0 Å². The summed E-state index contributed by atoms with van der Waals surface area (Å²) in [5.41, 5.74) is 1.25. The Bertz CT molecular complexity index is 755. The minimum Gasteiger partial charge on any atom is -0.479 e. The normalized spacial score (nSPS) is 19.6. The number of nitrogens with zero attached hydrogens (tertiary/aromatic N) is 5. The fourth-order valence-electron chi connectivity index (χ4n) is 4.09. The van der Waals surface area contributed by atoms with Gasteiger partial charge in [0.1, 0.15) is 6.33 Å². The standard InChI is InChI=1S/C18H23N5O3/c1-25-16-9-15(26-21-16)17(24)23-6-2-3-18(12-23)4-7-22(8-5-18)14-10-19-13-20-11-14/h9-11,13H,2-8,12H2,1H3. The molecule has 0 bridgehead atoms. The zero-order valence-corrected chi connectivity index (χ0v) is 14.9. The summed E-state index contributed by atoms with van der Waals surface area (Å²) in [6.07, 6.45) is 9.58. The predicted octanol–water partition coefficient (Wildman–Crippen LogP) is 2.00. The van der Waals surface area contributed by atoms with Crippen molar-refractivity contribution in [2.75, 3.05) is 38.2 Å². The van der Waals surface area contributed by atoms with Crippen molar-refractivity contribution in [3.8, 4) is 5.88 Å². The molecule has 0 aromatic carbocycles. The number of aromatic nitrogens is 3. The Morgan fingerprint density at radius 3 is 2.65 bits per heavy atom. The Morgan fingerprint density at radius 1 is 1.19 bits per heavy atom. The zero-order valence-electron chi connectivity index (χ0n) is 14.9. The fraction of sp³-hybridized carbons (Fsp3) is 0.556. The minimum absolute atomic E-state index is 0.0984. The lowest BCUT2D eigenvalue weighted by Crippen LogP contribution is -2.51. The highest BCUT2D eigenvalue weighted by molar-refractivity contribution is 5.91. The van der Waals surface area contributed by atoms with Crippen LogP contribution in [0.4, 0.5) is 5.69 Å². The lowest BCUT2D eigenvalue weighted by molar-refractivity contribution is 0.0401. The van der Waals surface area contributed by atoms with Gasteiger partial charge in [-0.3, -0.25) is 4.79 Å². The molecular weight excluding hydrogens is 334 g/mol. The molecule has 2 aliphatic heterocycles. The summed E-state index contributed by atoms with van der Waals surface area (Å²) in [4.78, 5) is 25.2. The molecule has 4 heterocycles. The van der Waals surface area contributed by atoms with Crippen LogP contribution in [0.15, 0.2) is 29.3 Å². The molecule has 0 atom stereocenters. The van der Waals surface area contributed by atoms with E-state index in [0.717, 1.165) is 57.5 Å². The molecule has 0 N–H and O–H groups in total. The number of ether oxygens (including phenoxy) is 1. The fourth-order valence-corrected chi connectivity index (χ4v) is 4.09. The largest absolute Gasteiger partial charge is 0.479 e. The van der Waals surface area contributed by atoms with Crippen LogP contribution in [0.5, 0.6) is 5.88 Å². The summed E-state index contributed by atoms with van der Waals surface area (Å²) in [5, 5.41) is 3.73. The van der Waals surface area contributed by atoms with E-state index in [0.29, 0.717) is 5.88 Å². The summed E-state index contributed by atoms with van der Waals surface area (Å²) in [5.74, 6) is 0.481. The Balaban J connectivity index is 1.41. The van der Waals surface area contributed by atoms with Crippen LogP contribution in [0.2, 0.25) is 0 Å². The second kappa shape index (κ2) is 6.93. The Hall–Kier alpha value is -2.64. The lowest BCUT2D eigenvalue weighted by atomic mass is 9.72. The molecule has 0 saturated carbocycles. The molecule has 2 aliphatic rings. The van der Waals surface area contributed by atoms with Crippen LogP contribution in [0.1, 0.15) is 36.2 Å². The highest BCUT2D eigenvalue weighted by Gasteiger charge is 2.40. The van der Waals surface area contributed by atoms with E-state index in [9.17, 15) is 4.79 Å². The molecule has 138 valence electrons. The number of hydrogen-bond donors (Lipinski definition) is 0. The third kappa shape index (κ3) is 3.23. The molecular formula is C18H23N5O3. The second-order valence-corrected chi connectivity index (χ2v) is 7.15. The van der Waals surface area contributed by atoms with Gasteiger partial charge in [-0.1, -0.05) is 0 Å². The summed E-state index contributed by atoms with van der Waals surface area (Å²) < 4.78 is 10.1. The first-order valence-electron chi connectivity index (χ1n) is 8.99.